The van der Waals surface area contributed by atoms with Crippen LogP contribution in [0.5, 0.6) is 0 Å². The average Bonchev–Trinajstić information content (AvgIpc) is 2.54. The zero-order valence-corrected chi connectivity index (χ0v) is 8.10. The third-order valence-corrected chi connectivity index (χ3v) is 2.64. The maximum Gasteiger partial charge on any atom is 0.135 e. The molecule has 2 heterocycles. The lowest BCUT2D eigenvalue weighted by Crippen LogP contribution is -2.31. The molecule has 0 radical (unpaired) electrons. The highest BCUT2D eigenvalue weighted by Gasteiger charge is 2.11. The molecule has 0 saturated heterocycles. The number of fused-ring (bicyclic) bond motifs is 3. The number of hydrogen-bond donors (Lipinski definition) is 1. The summed E-state index contributed by atoms with van der Waals surface area (Å²) in [4.78, 5) is 4.89. The van der Waals surface area contributed by atoms with Crippen LogP contribution in [0, 0.1) is 0 Å². The molecule has 0 amide bonds. The first-order valence-corrected chi connectivity index (χ1v) is 4.95. The van der Waals surface area contributed by atoms with Gasteiger partial charge in [-0.3, -0.25) is 0 Å². The van der Waals surface area contributed by atoms with E-state index in [1.165, 1.54) is 12.0 Å². The molecule has 0 saturated carbocycles. The Bertz CT molecular complexity index is 535. The average molecular weight is 202 g/mol. The maximum absolute atomic E-state index is 4.89. The van der Waals surface area contributed by atoms with E-state index in [1.807, 2.05) is 6.07 Å². The third kappa shape index (κ3) is 1.36. The minimum absolute atomic E-state index is 0.796. The lowest BCUT2D eigenvalue weighted by atomic mass is 10.0. The zero-order chi connectivity index (χ0) is 10.1. The molecule has 0 fully saturated rings. The van der Waals surface area contributed by atoms with Crippen LogP contribution in [0.25, 0.3) is 6.26 Å². The van der Waals surface area contributed by atoms with E-state index in [0.29, 0.717) is 0 Å². The second-order valence-electron chi connectivity index (χ2n) is 3.56. The van der Waals surface area contributed by atoms with Crippen molar-refractivity contribution in [2.75, 3.05) is 11.9 Å². The molecule has 2 aliphatic heterocycles. The van der Waals surface area contributed by atoms with Gasteiger partial charge >= 0.3 is 0 Å². The highest BCUT2D eigenvalue weighted by Crippen LogP contribution is 2.15. The highest BCUT2D eigenvalue weighted by atomic mass is 16.6. The fourth-order valence-corrected chi connectivity index (χ4v) is 1.93. The van der Waals surface area contributed by atoms with Gasteiger partial charge in [-0.15, -0.1) is 5.10 Å². The summed E-state index contributed by atoms with van der Waals surface area (Å²) < 4.78 is 0. The predicted molar refractivity (Wildman–Crippen MR) is 54.4 cm³/mol. The standard InChI is InChI=1S/C10H10N4O/c1-2-7-3-4-9-8(10(7)11-5-1)6-15-14-13-12-9/h3-4,6,11H,1-2,5H2. The Morgan fingerprint density at radius 3 is 3.33 bits per heavy atom. The maximum atomic E-state index is 4.89. The van der Waals surface area contributed by atoms with Crippen LogP contribution in [0.1, 0.15) is 12.0 Å². The van der Waals surface area contributed by atoms with Crippen LogP contribution in [-0.4, -0.2) is 6.54 Å². The first-order chi connectivity index (χ1) is 7.45. The first kappa shape index (κ1) is 8.40. The Kier molecular flexibility index (Phi) is 1.87. The Hall–Kier alpha value is -1.91. The lowest BCUT2D eigenvalue weighted by molar-refractivity contribution is 0.283. The number of hydrogen-bond acceptors (Lipinski definition) is 5. The van der Waals surface area contributed by atoms with Crippen LogP contribution in [0.2, 0.25) is 0 Å². The van der Waals surface area contributed by atoms with E-state index in [4.69, 9.17) is 4.84 Å². The summed E-state index contributed by atoms with van der Waals surface area (Å²) >= 11 is 0. The van der Waals surface area contributed by atoms with Crippen molar-refractivity contribution in [3.05, 3.63) is 28.3 Å². The van der Waals surface area contributed by atoms with Gasteiger partial charge < -0.3 is 10.2 Å². The molecule has 1 aromatic rings. The van der Waals surface area contributed by atoms with Crippen LogP contribution < -0.4 is 15.9 Å². The summed E-state index contributed by atoms with van der Waals surface area (Å²) in [5.74, 6) is 0. The van der Waals surface area contributed by atoms with Gasteiger partial charge in [-0.05, 0) is 29.7 Å². The van der Waals surface area contributed by atoms with Crippen molar-refractivity contribution >= 4 is 11.9 Å². The fraction of sp³-hybridized carbons (Fsp3) is 0.300. The molecule has 15 heavy (non-hydrogen) atoms. The van der Waals surface area contributed by atoms with Gasteiger partial charge in [0.25, 0.3) is 0 Å². The molecule has 2 aliphatic rings. The molecular weight excluding hydrogens is 192 g/mol. The van der Waals surface area contributed by atoms with Gasteiger partial charge in [-0.1, -0.05) is 6.07 Å². The van der Waals surface area contributed by atoms with E-state index in [2.05, 4.69) is 27.0 Å². The van der Waals surface area contributed by atoms with Crippen molar-refractivity contribution in [3.63, 3.8) is 0 Å². The Morgan fingerprint density at radius 1 is 1.33 bits per heavy atom. The number of nitrogens with one attached hydrogen (secondary N) is 1. The normalized spacial score (nSPS) is 17.1. The minimum Gasteiger partial charge on any atom is -0.384 e. The Labute approximate surface area is 86.1 Å². The van der Waals surface area contributed by atoms with Gasteiger partial charge in [0.15, 0.2) is 0 Å². The van der Waals surface area contributed by atoms with Crippen molar-refractivity contribution in [2.45, 2.75) is 12.8 Å². The molecule has 0 unspecified atom stereocenters. The second kappa shape index (κ2) is 3.34. The molecule has 0 atom stereocenters. The fourth-order valence-electron chi connectivity index (χ4n) is 1.93. The summed E-state index contributed by atoms with van der Waals surface area (Å²) in [6, 6.07) is 4.03. The predicted octanol–water partition coefficient (Wildman–Crippen LogP) is 0.715. The molecular formula is C10H10N4O. The summed E-state index contributed by atoms with van der Waals surface area (Å²) in [6.07, 6.45) is 3.85. The van der Waals surface area contributed by atoms with Crippen molar-refractivity contribution in [3.8, 4) is 0 Å². The van der Waals surface area contributed by atoms with E-state index >= 15 is 0 Å². The summed E-state index contributed by atoms with van der Waals surface area (Å²) in [7, 11) is 0. The van der Waals surface area contributed by atoms with Crippen molar-refractivity contribution < 1.29 is 4.84 Å². The number of nitrogens with zero attached hydrogens (tertiary/aromatic N) is 3. The van der Waals surface area contributed by atoms with Gasteiger partial charge in [0.1, 0.15) is 11.6 Å². The van der Waals surface area contributed by atoms with Crippen molar-refractivity contribution in [1.29, 1.82) is 0 Å². The SMILES string of the molecule is C1=c2c3c(ccc2=NN=NO1)CCCN3. The molecule has 5 nitrogen and oxygen atoms in total. The molecule has 76 valence electrons. The van der Waals surface area contributed by atoms with Crippen LogP contribution in [0.3, 0.4) is 0 Å². The van der Waals surface area contributed by atoms with Gasteiger partial charge in [-0.25, -0.2) is 0 Å². The van der Waals surface area contributed by atoms with E-state index in [-0.39, 0.29) is 0 Å². The van der Waals surface area contributed by atoms with Crippen LogP contribution in [-0.2, 0) is 11.3 Å². The van der Waals surface area contributed by atoms with Crippen LogP contribution in [0.15, 0.2) is 27.7 Å². The molecule has 0 spiro atoms. The summed E-state index contributed by atoms with van der Waals surface area (Å²) in [5.41, 5.74) is 2.41. The number of benzene rings is 1. The van der Waals surface area contributed by atoms with Crippen LogP contribution in [0.4, 0.5) is 5.69 Å². The second-order valence-corrected chi connectivity index (χ2v) is 3.56. The van der Waals surface area contributed by atoms with E-state index in [1.54, 1.807) is 6.26 Å². The molecule has 1 aromatic carbocycles. The monoisotopic (exact) mass is 202 g/mol. The van der Waals surface area contributed by atoms with Crippen LogP contribution >= 0.6 is 0 Å². The van der Waals surface area contributed by atoms with E-state index in [9.17, 15) is 0 Å². The summed E-state index contributed by atoms with van der Waals surface area (Å²) in [5, 5.41) is 16.0. The smallest absolute Gasteiger partial charge is 0.135 e. The number of aryl methyl sites for hydroxylation is 1. The van der Waals surface area contributed by atoms with Crippen molar-refractivity contribution in [2.24, 2.45) is 15.6 Å². The van der Waals surface area contributed by atoms with Crippen molar-refractivity contribution in [1.82, 2.24) is 0 Å². The van der Waals surface area contributed by atoms with E-state index < -0.39 is 0 Å². The zero-order valence-electron chi connectivity index (χ0n) is 8.10. The third-order valence-electron chi connectivity index (χ3n) is 2.64. The van der Waals surface area contributed by atoms with E-state index in [0.717, 1.165) is 29.2 Å². The Morgan fingerprint density at radius 2 is 2.33 bits per heavy atom. The quantitative estimate of drug-likeness (QED) is 0.673. The van der Waals surface area contributed by atoms with Gasteiger partial charge in [-0.2, -0.15) is 0 Å². The lowest BCUT2D eigenvalue weighted by Gasteiger charge is -2.17. The first-order valence-electron chi connectivity index (χ1n) is 4.95. The van der Waals surface area contributed by atoms with Gasteiger partial charge in [0.2, 0.25) is 0 Å². The summed E-state index contributed by atoms with van der Waals surface area (Å²) in [6.45, 7) is 0.992. The highest BCUT2D eigenvalue weighted by molar-refractivity contribution is 5.55. The minimum atomic E-state index is 0.796. The van der Waals surface area contributed by atoms with Gasteiger partial charge in [0.05, 0.1) is 16.2 Å². The largest absolute Gasteiger partial charge is 0.384 e. The molecule has 0 aliphatic carbocycles. The molecule has 5 heteroatoms. The molecule has 3 rings (SSSR count). The topological polar surface area (TPSA) is 58.3 Å². The molecule has 0 aromatic heterocycles. The van der Waals surface area contributed by atoms with Gasteiger partial charge in [0, 0.05) is 6.54 Å². The number of anilines is 1. The molecule has 1 N–H and O–H groups in total. The Balaban J connectivity index is 2.32. The molecule has 0 bridgehead atoms. The number of rotatable bonds is 0.